The fourth-order valence-electron chi connectivity index (χ4n) is 2.09. The minimum atomic E-state index is -4.47. The molecule has 1 aromatic carbocycles. The number of alkyl halides is 3. The number of piperidine rings is 1. The molecule has 3 nitrogen and oxygen atoms in total. The zero-order valence-corrected chi connectivity index (χ0v) is 11.3. The van der Waals surface area contributed by atoms with Gasteiger partial charge in [0.25, 0.3) is 0 Å². The van der Waals surface area contributed by atoms with E-state index in [1.54, 1.807) is 0 Å². The first kappa shape index (κ1) is 15.1. The summed E-state index contributed by atoms with van der Waals surface area (Å²) in [6, 6.07) is 2.49. The average molecular weight is 307 g/mol. The number of carbonyl (C=O) groups is 1. The summed E-state index contributed by atoms with van der Waals surface area (Å²) in [5.41, 5.74) is -0.854. The predicted molar refractivity (Wildman–Crippen MR) is 70.7 cm³/mol. The van der Waals surface area contributed by atoms with E-state index in [-0.39, 0.29) is 22.7 Å². The smallest absolute Gasteiger partial charge is 0.323 e. The van der Waals surface area contributed by atoms with E-state index in [0.29, 0.717) is 6.42 Å². The first-order valence-electron chi connectivity index (χ1n) is 6.29. The van der Waals surface area contributed by atoms with Crippen molar-refractivity contribution in [2.24, 2.45) is 0 Å². The van der Waals surface area contributed by atoms with Gasteiger partial charge in [0.2, 0.25) is 5.91 Å². The summed E-state index contributed by atoms with van der Waals surface area (Å²) in [4.78, 5) is 12.0. The maximum Gasteiger partial charge on any atom is 0.416 e. The summed E-state index contributed by atoms with van der Waals surface area (Å²) in [5.74, 6) is -0.356. The molecular formula is C13H14ClF3N2O. The lowest BCUT2D eigenvalue weighted by molar-refractivity contribution is -0.137. The Balaban J connectivity index is 2.13. The fourth-order valence-corrected chi connectivity index (χ4v) is 2.26. The third-order valence-corrected chi connectivity index (χ3v) is 3.51. The molecule has 0 radical (unpaired) electrons. The standard InChI is InChI=1S/C13H14ClF3N2O/c14-9-5-4-8(13(15,16)17)7-11(9)19-12(20)10-3-1-2-6-18-10/h4-5,7,10,18H,1-3,6H2,(H,19,20). The molecule has 0 aliphatic carbocycles. The average Bonchev–Trinajstić information content (AvgIpc) is 2.41. The molecule has 0 aromatic heterocycles. The summed E-state index contributed by atoms with van der Waals surface area (Å²) in [6.07, 6.45) is -1.88. The van der Waals surface area contributed by atoms with Crippen LogP contribution in [0.5, 0.6) is 0 Å². The first-order valence-corrected chi connectivity index (χ1v) is 6.67. The largest absolute Gasteiger partial charge is 0.416 e. The number of anilines is 1. The third kappa shape index (κ3) is 3.64. The van der Waals surface area contributed by atoms with E-state index in [1.165, 1.54) is 0 Å². The van der Waals surface area contributed by atoms with Gasteiger partial charge < -0.3 is 10.6 Å². The zero-order chi connectivity index (χ0) is 14.8. The Morgan fingerprint density at radius 2 is 2.10 bits per heavy atom. The Morgan fingerprint density at radius 3 is 2.70 bits per heavy atom. The second-order valence-electron chi connectivity index (χ2n) is 4.68. The van der Waals surface area contributed by atoms with Crippen LogP contribution in [-0.4, -0.2) is 18.5 Å². The molecule has 0 spiro atoms. The molecule has 1 unspecified atom stereocenters. The van der Waals surface area contributed by atoms with Gasteiger partial charge in [0.05, 0.1) is 22.3 Å². The quantitative estimate of drug-likeness (QED) is 0.879. The lowest BCUT2D eigenvalue weighted by Gasteiger charge is -2.23. The number of amides is 1. The van der Waals surface area contributed by atoms with Gasteiger partial charge in [0, 0.05) is 0 Å². The van der Waals surface area contributed by atoms with Crippen LogP contribution in [0.3, 0.4) is 0 Å². The van der Waals surface area contributed by atoms with Crippen LogP contribution in [0.15, 0.2) is 18.2 Å². The Hall–Kier alpha value is -1.27. The topological polar surface area (TPSA) is 41.1 Å². The van der Waals surface area contributed by atoms with Crippen molar-refractivity contribution in [3.8, 4) is 0 Å². The molecular weight excluding hydrogens is 293 g/mol. The van der Waals surface area contributed by atoms with E-state index in [9.17, 15) is 18.0 Å². The minimum absolute atomic E-state index is 0.0149. The second kappa shape index (κ2) is 6.01. The highest BCUT2D eigenvalue weighted by Crippen LogP contribution is 2.33. The van der Waals surface area contributed by atoms with Crippen LogP contribution in [0, 0.1) is 0 Å². The van der Waals surface area contributed by atoms with Gasteiger partial charge >= 0.3 is 6.18 Å². The summed E-state index contributed by atoms with van der Waals surface area (Å²) < 4.78 is 37.9. The molecule has 1 aliphatic heterocycles. The number of hydrogen-bond donors (Lipinski definition) is 2. The maximum atomic E-state index is 12.6. The van der Waals surface area contributed by atoms with Crippen LogP contribution in [0.2, 0.25) is 5.02 Å². The van der Waals surface area contributed by atoms with Gasteiger partial charge in [-0.25, -0.2) is 0 Å². The van der Waals surface area contributed by atoms with Crippen LogP contribution in [0.1, 0.15) is 24.8 Å². The zero-order valence-electron chi connectivity index (χ0n) is 10.6. The number of rotatable bonds is 2. The van der Waals surface area contributed by atoms with Crippen LogP contribution >= 0.6 is 11.6 Å². The lowest BCUT2D eigenvalue weighted by atomic mass is 10.0. The van der Waals surface area contributed by atoms with Crippen LogP contribution in [-0.2, 0) is 11.0 Å². The van der Waals surface area contributed by atoms with Gasteiger partial charge in [-0.05, 0) is 37.6 Å². The highest BCUT2D eigenvalue weighted by atomic mass is 35.5. The SMILES string of the molecule is O=C(Nc1cc(C(F)(F)F)ccc1Cl)C1CCCCN1. The molecule has 20 heavy (non-hydrogen) atoms. The van der Waals surface area contributed by atoms with E-state index >= 15 is 0 Å². The van der Waals surface area contributed by atoms with Crippen LogP contribution in [0.25, 0.3) is 0 Å². The molecule has 1 heterocycles. The Labute approximate surface area is 119 Å². The van der Waals surface area contributed by atoms with Gasteiger partial charge in [-0.3, -0.25) is 4.79 Å². The summed E-state index contributed by atoms with van der Waals surface area (Å²) in [6.45, 7) is 0.731. The number of benzene rings is 1. The van der Waals surface area contributed by atoms with Gasteiger partial charge in [-0.1, -0.05) is 18.0 Å². The maximum absolute atomic E-state index is 12.6. The molecule has 1 aliphatic rings. The molecule has 0 bridgehead atoms. The Morgan fingerprint density at radius 1 is 1.35 bits per heavy atom. The number of carbonyl (C=O) groups excluding carboxylic acids is 1. The van der Waals surface area contributed by atoms with Gasteiger partial charge in [0.1, 0.15) is 0 Å². The van der Waals surface area contributed by atoms with Crippen molar-refractivity contribution in [1.82, 2.24) is 5.32 Å². The summed E-state index contributed by atoms with van der Waals surface area (Å²) in [7, 11) is 0. The van der Waals surface area contributed by atoms with E-state index in [4.69, 9.17) is 11.6 Å². The summed E-state index contributed by atoms with van der Waals surface area (Å²) in [5, 5.41) is 5.57. The van der Waals surface area contributed by atoms with Crippen molar-refractivity contribution < 1.29 is 18.0 Å². The molecule has 1 atom stereocenters. The molecule has 7 heteroatoms. The number of hydrogen-bond acceptors (Lipinski definition) is 2. The van der Waals surface area contributed by atoms with Crippen molar-refractivity contribution in [2.45, 2.75) is 31.5 Å². The van der Waals surface area contributed by atoms with Gasteiger partial charge in [-0.15, -0.1) is 0 Å². The first-order chi connectivity index (χ1) is 9.38. The molecule has 1 aromatic rings. The van der Waals surface area contributed by atoms with Crippen LogP contribution < -0.4 is 10.6 Å². The van der Waals surface area contributed by atoms with Crippen molar-refractivity contribution in [3.63, 3.8) is 0 Å². The highest BCUT2D eigenvalue weighted by molar-refractivity contribution is 6.33. The summed E-state index contributed by atoms with van der Waals surface area (Å²) >= 11 is 5.83. The van der Waals surface area contributed by atoms with Crippen molar-refractivity contribution >= 4 is 23.2 Å². The van der Waals surface area contributed by atoms with Crippen molar-refractivity contribution in [2.75, 3.05) is 11.9 Å². The molecule has 0 saturated carbocycles. The van der Waals surface area contributed by atoms with Gasteiger partial charge in [-0.2, -0.15) is 13.2 Å². The monoisotopic (exact) mass is 306 g/mol. The molecule has 1 saturated heterocycles. The van der Waals surface area contributed by atoms with E-state index < -0.39 is 11.7 Å². The van der Waals surface area contributed by atoms with Gasteiger partial charge in [0.15, 0.2) is 0 Å². The van der Waals surface area contributed by atoms with Crippen molar-refractivity contribution in [3.05, 3.63) is 28.8 Å². The Kier molecular flexibility index (Phi) is 4.55. The van der Waals surface area contributed by atoms with Crippen LogP contribution in [0.4, 0.5) is 18.9 Å². The predicted octanol–water partition coefficient (Wildman–Crippen LogP) is 3.44. The Bertz CT molecular complexity index is 499. The normalized spacial score (nSPS) is 19.7. The molecule has 110 valence electrons. The number of nitrogens with one attached hydrogen (secondary N) is 2. The molecule has 2 rings (SSSR count). The fraction of sp³-hybridized carbons (Fsp3) is 0.462. The second-order valence-corrected chi connectivity index (χ2v) is 5.09. The van der Waals surface area contributed by atoms with Crippen molar-refractivity contribution in [1.29, 1.82) is 0 Å². The molecule has 1 fully saturated rings. The molecule has 1 amide bonds. The number of halogens is 4. The minimum Gasteiger partial charge on any atom is -0.323 e. The molecule has 2 N–H and O–H groups in total. The van der Waals surface area contributed by atoms with E-state index in [0.717, 1.165) is 37.6 Å². The highest BCUT2D eigenvalue weighted by Gasteiger charge is 2.31. The lowest BCUT2D eigenvalue weighted by Crippen LogP contribution is -2.43. The van der Waals surface area contributed by atoms with E-state index in [2.05, 4.69) is 10.6 Å². The van der Waals surface area contributed by atoms with E-state index in [1.807, 2.05) is 0 Å². The third-order valence-electron chi connectivity index (χ3n) is 3.18.